The lowest BCUT2D eigenvalue weighted by molar-refractivity contribution is -0.136. The highest BCUT2D eigenvalue weighted by Gasteiger charge is 2.39. The quantitative estimate of drug-likeness (QED) is 0.646. The summed E-state index contributed by atoms with van der Waals surface area (Å²) in [5.41, 5.74) is 2.48. The van der Waals surface area contributed by atoms with Crippen molar-refractivity contribution in [1.82, 2.24) is 25.5 Å². The number of carbonyl (C=O) groups is 3. The van der Waals surface area contributed by atoms with Crippen LogP contribution in [-0.4, -0.2) is 50.8 Å². The maximum Gasteiger partial charge on any atom is 0.255 e. The molecule has 1 aliphatic carbocycles. The number of hydrogen-bond donors (Lipinski definition) is 2. The van der Waals surface area contributed by atoms with Crippen LogP contribution in [0.5, 0.6) is 5.75 Å². The van der Waals surface area contributed by atoms with Crippen LogP contribution in [0.1, 0.15) is 60.0 Å². The van der Waals surface area contributed by atoms with Crippen LogP contribution in [0.25, 0.3) is 0 Å². The lowest BCUT2D eigenvalue weighted by atomic mass is 9.92. The van der Waals surface area contributed by atoms with Crippen LogP contribution in [0, 0.1) is 0 Å². The Bertz CT molecular complexity index is 1060. The summed E-state index contributed by atoms with van der Waals surface area (Å²) < 4.78 is 6.39. The second-order valence-electron chi connectivity index (χ2n) is 8.89. The molecule has 2 fully saturated rings. The molecule has 0 radical (unpaired) electrons. The van der Waals surface area contributed by atoms with Crippen molar-refractivity contribution < 1.29 is 19.1 Å². The number of nitrogens with zero attached hydrogens (tertiary/aromatic N) is 3. The van der Waals surface area contributed by atoms with Gasteiger partial charge >= 0.3 is 0 Å². The average Bonchev–Trinajstić information content (AvgIpc) is 3.14. The Morgan fingerprint density at radius 1 is 1.09 bits per heavy atom. The minimum absolute atomic E-state index is 0.0322. The van der Waals surface area contributed by atoms with Gasteiger partial charge in [-0.3, -0.25) is 19.7 Å². The van der Waals surface area contributed by atoms with Gasteiger partial charge in [0.25, 0.3) is 5.91 Å². The van der Waals surface area contributed by atoms with Crippen LogP contribution in [0.2, 0.25) is 0 Å². The van der Waals surface area contributed by atoms with E-state index in [4.69, 9.17) is 4.74 Å². The Balaban J connectivity index is 1.25. The third kappa shape index (κ3) is 4.59. The Labute approximate surface area is 191 Å². The van der Waals surface area contributed by atoms with Crippen molar-refractivity contribution in [3.05, 3.63) is 53.6 Å². The summed E-state index contributed by atoms with van der Waals surface area (Å²) in [6, 6.07) is 5.14. The van der Waals surface area contributed by atoms with E-state index in [1.165, 1.54) is 6.33 Å². The molecule has 3 amide bonds. The van der Waals surface area contributed by atoms with Crippen molar-refractivity contribution in [2.24, 2.45) is 0 Å². The first kappa shape index (κ1) is 21.5. The molecule has 0 spiro atoms. The summed E-state index contributed by atoms with van der Waals surface area (Å²) in [6.07, 6.45) is 10.0. The van der Waals surface area contributed by atoms with E-state index < -0.39 is 11.9 Å². The molecule has 172 valence electrons. The highest BCUT2D eigenvalue weighted by Crippen LogP contribution is 2.32. The molecule has 1 saturated heterocycles. The van der Waals surface area contributed by atoms with Gasteiger partial charge in [-0.05, 0) is 49.4 Å². The molecule has 3 heterocycles. The van der Waals surface area contributed by atoms with E-state index in [-0.39, 0.29) is 30.4 Å². The third-order valence-electron chi connectivity index (χ3n) is 6.67. The molecular weight excluding hydrogens is 422 g/mol. The third-order valence-corrected chi connectivity index (χ3v) is 6.67. The normalized spacial score (nSPS) is 25.0. The van der Waals surface area contributed by atoms with Gasteiger partial charge in [-0.15, -0.1) is 0 Å². The first-order chi connectivity index (χ1) is 16.1. The largest absolute Gasteiger partial charge is 0.489 e. The molecular formula is C24H27N5O4. The first-order valence-corrected chi connectivity index (χ1v) is 11.5. The van der Waals surface area contributed by atoms with Gasteiger partial charge in [-0.25, -0.2) is 9.97 Å². The van der Waals surface area contributed by atoms with Crippen molar-refractivity contribution in [1.29, 1.82) is 0 Å². The molecule has 9 heteroatoms. The maximum atomic E-state index is 12.9. The number of hydrogen-bond acceptors (Lipinski definition) is 7. The van der Waals surface area contributed by atoms with Gasteiger partial charge in [-0.2, -0.15) is 0 Å². The number of nitrogens with one attached hydrogen (secondary N) is 2. The first-order valence-electron chi connectivity index (χ1n) is 11.5. The zero-order valence-corrected chi connectivity index (χ0v) is 18.3. The zero-order valence-electron chi connectivity index (χ0n) is 18.3. The summed E-state index contributed by atoms with van der Waals surface area (Å²) in [4.78, 5) is 46.3. The smallest absolute Gasteiger partial charge is 0.255 e. The van der Waals surface area contributed by atoms with Crippen LogP contribution < -0.4 is 15.4 Å². The monoisotopic (exact) mass is 449 g/mol. The molecule has 1 saturated carbocycles. The second kappa shape index (κ2) is 9.27. The van der Waals surface area contributed by atoms with Crippen LogP contribution in [0.3, 0.4) is 0 Å². The summed E-state index contributed by atoms with van der Waals surface area (Å²) in [5.74, 6) is -0.128. The van der Waals surface area contributed by atoms with E-state index in [2.05, 4.69) is 20.6 Å². The minimum Gasteiger partial charge on any atom is -0.489 e. The maximum absolute atomic E-state index is 12.9. The number of carbonyl (C=O) groups excluding carboxylic acids is 3. The molecule has 1 unspecified atom stereocenters. The summed E-state index contributed by atoms with van der Waals surface area (Å²) in [5, 5.41) is 5.92. The average molecular weight is 450 g/mol. The van der Waals surface area contributed by atoms with Gasteiger partial charge in [0.2, 0.25) is 11.8 Å². The van der Waals surface area contributed by atoms with E-state index in [0.29, 0.717) is 25.1 Å². The fourth-order valence-electron chi connectivity index (χ4n) is 4.94. The molecule has 0 bridgehead atoms. The summed E-state index contributed by atoms with van der Waals surface area (Å²) >= 11 is 0. The number of piperidine rings is 1. The molecule has 3 aliphatic rings. The molecule has 2 N–H and O–H groups in total. The fourth-order valence-corrected chi connectivity index (χ4v) is 4.94. The van der Waals surface area contributed by atoms with E-state index in [1.54, 1.807) is 11.0 Å². The van der Waals surface area contributed by atoms with Crippen LogP contribution >= 0.6 is 0 Å². The molecule has 3 atom stereocenters. The Kier molecular flexibility index (Phi) is 6.04. The summed E-state index contributed by atoms with van der Waals surface area (Å²) in [7, 11) is 0. The van der Waals surface area contributed by atoms with Crippen molar-refractivity contribution in [3.63, 3.8) is 0 Å². The predicted octanol–water partition coefficient (Wildman–Crippen LogP) is 1.72. The number of imide groups is 1. The Hall–Kier alpha value is -3.33. The standard InChI is InChI=1S/C24H27N5O4/c30-22-8-7-20(23(31)28-22)29-13-16-9-17(5-6-18(16)24(29)32)33-21-4-2-1-3-19(21)27-12-15-10-25-14-26-11-15/h5-6,9-11,14,19-21,27H,1-4,7-8,12-13H2,(H,28,30,31)/t19-,20?,21+/m1/s1. The Morgan fingerprint density at radius 3 is 2.73 bits per heavy atom. The SMILES string of the molecule is O=C1CCC(N2Cc3cc(O[C@H]4CCCC[C@H]4NCc4cncnc4)ccc3C2=O)C(=O)N1. The predicted molar refractivity (Wildman–Crippen MR) is 118 cm³/mol. The van der Waals surface area contributed by atoms with Gasteiger partial charge in [0.05, 0.1) is 0 Å². The number of fused-ring (bicyclic) bond motifs is 1. The van der Waals surface area contributed by atoms with E-state index >= 15 is 0 Å². The van der Waals surface area contributed by atoms with Crippen molar-refractivity contribution in [2.45, 2.75) is 69.8 Å². The van der Waals surface area contributed by atoms with Crippen molar-refractivity contribution in [3.8, 4) is 5.75 Å². The number of benzene rings is 1. The number of amides is 3. The highest BCUT2D eigenvalue weighted by atomic mass is 16.5. The number of rotatable bonds is 6. The molecule has 2 aromatic rings. The molecule has 2 aliphatic heterocycles. The van der Waals surface area contributed by atoms with Gasteiger partial charge in [0.15, 0.2) is 0 Å². The molecule has 1 aromatic carbocycles. The van der Waals surface area contributed by atoms with Gasteiger partial charge < -0.3 is 15.0 Å². The van der Waals surface area contributed by atoms with Crippen LogP contribution in [-0.2, 0) is 22.7 Å². The molecule has 9 nitrogen and oxygen atoms in total. The van der Waals surface area contributed by atoms with Gasteiger partial charge in [0, 0.05) is 49.1 Å². The molecule has 33 heavy (non-hydrogen) atoms. The topological polar surface area (TPSA) is 114 Å². The molecule has 1 aromatic heterocycles. The van der Waals surface area contributed by atoms with Crippen LogP contribution in [0.15, 0.2) is 36.9 Å². The number of ether oxygens (including phenoxy) is 1. The van der Waals surface area contributed by atoms with Crippen molar-refractivity contribution >= 4 is 17.7 Å². The van der Waals surface area contributed by atoms with E-state index in [0.717, 1.165) is 42.6 Å². The highest BCUT2D eigenvalue weighted by molar-refractivity contribution is 6.05. The lowest BCUT2D eigenvalue weighted by Gasteiger charge is -2.32. The van der Waals surface area contributed by atoms with Crippen LogP contribution in [0.4, 0.5) is 0 Å². The Morgan fingerprint density at radius 2 is 1.91 bits per heavy atom. The van der Waals surface area contributed by atoms with Gasteiger partial charge in [-0.1, -0.05) is 6.42 Å². The lowest BCUT2D eigenvalue weighted by Crippen LogP contribution is -2.52. The van der Waals surface area contributed by atoms with Crippen molar-refractivity contribution in [2.75, 3.05) is 0 Å². The summed E-state index contributed by atoms with van der Waals surface area (Å²) in [6.45, 7) is 1.03. The van der Waals surface area contributed by atoms with E-state index in [1.807, 2.05) is 24.5 Å². The van der Waals surface area contributed by atoms with E-state index in [9.17, 15) is 14.4 Å². The zero-order chi connectivity index (χ0) is 22.8. The number of aromatic nitrogens is 2. The fraction of sp³-hybridized carbons (Fsp3) is 0.458. The van der Waals surface area contributed by atoms with Gasteiger partial charge in [0.1, 0.15) is 24.2 Å². The second-order valence-corrected chi connectivity index (χ2v) is 8.89. The molecule has 5 rings (SSSR count). The minimum atomic E-state index is -0.610.